The predicted octanol–water partition coefficient (Wildman–Crippen LogP) is 1.41. The number of carbonyl (C=O) groups is 1. The molecule has 0 saturated carbocycles. The van der Waals surface area contributed by atoms with Crippen LogP contribution in [-0.4, -0.2) is 28.9 Å². The molecule has 0 spiro atoms. The first kappa shape index (κ1) is 13.0. The molecule has 0 radical (unpaired) electrons. The van der Waals surface area contributed by atoms with E-state index in [4.69, 9.17) is 5.73 Å². The highest BCUT2D eigenvalue weighted by Gasteiger charge is 2.12. The topological polar surface area (TPSA) is 68.0 Å². The van der Waals surface area contributed by atoms with Crippen molar-refractivity contribution in [2.75, 3.05) is 17.3 Å². The maximum Gasteiger partial charge on any atom is 0.241 e. The van der Waals surface area contributed by atoms with Crippen LogP contribution >= 0.6 is 11.8 Å². The maximum atomic E-state index is 11.6. The number of aromatic nitrogens is 1. The Labute approximate surface area is 100 Å². The summed E-state index contributed by atoms with van der Waals surface area (Å²) < 4.78 is 0. The lowest BCUT2D eigenvalue weighted by Gasteiger charge is -2.11. The van der Waals surface area contributed by atoms with Crippen LogP contribution in [0.5, 0.6) is 0 Å². The SMILES string of the molecule is CSCC[C@H](N)C(=O)Nc1ccc(C)nc1. The molecule has 0 aliphatic heterocycles. The highest BCUT2D eigenvalue weighted by molar-refractivity contribution is 7.98. The molecule has 0 aromatic carbocycles. The largest absolute Gasteiger partial charge is 0.323 e. The summed E-state index contributed by atoms with van der Waals surface area (Å²) in [6, 6.07) is 3.22. The van der Waals surface area contributed by atoms with Crippen LogP contribution in [0.15, 0.2) is 18.3 Å². The summed E-state index contributed by atoms with van der Waals surface area (Å²) in [6.45, 7) is 1.90. The molecule has 3 N–H and O–H groups in total. The van der Waals surface area contributed by atoms with Crippen LogP contribution in [0.3, 0.4) is 0 Å². The number of hydrogen-bond donors (Lipinski definition) is 2. The molecule has 5 heteroatoms. The van der Waals surface area contributed by atoms with Crippen LogP contribution in [0.25, 0.3) is 0 Å². The van der Waals surface area contributed by atoms with E-state index in [2.05, 4.69) is 10.3 Å². The van der Waals surface area contributed by atoms with Crippen LogP contribution in [0.1, 0.15) is 12.1 Å². The number of pyridine rings is 1. The van der Waals surface area contributed by atoms with Crippen molar-refractivity contribution in [3.63, 3.8) is 0 Å². The standard InChI is InChI=1S/C11H17N3OS/c1-8-3-4-9(7-13-8)14-11(15)10(12)5-6-16-2/h3-4,7,10H,5-6,12H2,1-2H3,(H,14,15)/t10-/m0/s1. The fraction of sp³-hybridized carbons (Fsp3) is 0.455. The molecular weight excluding hydrogens is 222 g/mol. The van der Waals surface area contributed by atoms with Gasteiger partial charge in [0.05, 0.1) is 17.9 Å². The minimum atomic E-state index is -0.450. The first-order valence-electron chi connectivity index (χ1n) is 5.11. The summed E-state index contributed by atoms with van der Waals surface area (Å²) in [6.07, 6.45) is 4.31. The van der Waals surface area contributed by atoms with Gasteiger partial charge in [0.2, 0.25) is 5.91 Å². The Bertz CT molecular complexity index is 340. The number of thioether (sulfide) groups is 1. The molecule has 1 atom stereocenters. The molecular formula is C11H17N3OS. The van der Waals surface area contributed by atoms with Crippen molar-refractivity contribution < 1.29 is 4.79 Å². The van der Waals surface area contributed by atoms with Gasteiger partial charge < -0.3 is 11.1 Å². The summed E-state index contributed by atoms with van der Waals surface area (Å²) in [5.41, 5.74) is 7.35. The Kier molecular flexibility index (Phi) is 5.28. The smallest absolute Gasteiger partial charge is 0.241 e. The van der Waals surface area contributed by atoms with Gasteiger partial charge in [0.25, 0.3) is 0 Å². The molecule has 4 nitrogen and oxygen atoms in total. The van der Waals surface area contributed by atoms with E-state index in [0.717, 1.165) is 11.4 Å². The van der Waals surface area contributed by atoms with Gasteiger partial charge in [-0.2, -0.15) is 11.8 Å². The van der Waals surface area contributed by atoms with E-state index >= 15 is 0 Å². The molecule has 1 amide bonds. The van der Waals surface area contributed by atoms with Gasteiger partial charge in [-0.25, -0.2) is 0 Å². The van der Waals surface area contributed by atoms with Crippen molar-refractivity contribution in [1.29, 1.82) is 0 Å². The van der Waals surface area contributed by atoms with Gasteiger partial charge in [0.15, 0.2) is 0 Å². The van der Waals surface area contributed by atoms with Gasteiger partial charge in [-0.1, -0.05) is 0 Å². The molecule has 1 rings (SSSR count). The molecule has 0 aliphatic carbocycles. The van der Waals surface area contributed by atoms with E-state index in [0.29, 0.717) is 12.1 Å². The highest BCUT2D eigenvalue weighted by Crippen LogP contribution is 2.07. The van der Waals surface area contributed by atoms with Gasteiger partial charge in [0.1, 0.15) is 0 Å². The summed E-state index contributed by atoms with van der Waals surface area (Å²) in [5.74, 6) is 0.737. The summed E-state index contributed by atoms with van der Waals surface area (Å²) in [4.78, 5) is 15.7. The lowest BCUT2D eigenvalue weighted by Crippen LogP contribution is -2.36. The second-order valence-corrected chi connectivity index (χ2v) is 4.55. The van der Waals surface area contributed by atoms with Crippen molar-refractivity contribution in [3.8, 4) is 0 Å². The van der Waals surface area contributed by atoms with E-state index in [9.17, 15) is 4.79 Å². The van der Waals surface area contributed by atoms with Crippen molar-refractivity contribution in [3.05, 3.63) is 24.0 Å². The van der Waals surface area contributed by atoms with Crippen LogP contribution in [0.4, 0.5) is 5.69 Å². The van der Waals surface area contributed by atoms with Crippen LogP contribution < -0.4 is 11.1 Å². The summed E-state index contributed by atoms with van der Waals surface area (Å²) in [5, 5.41) is 2.74. The quantitative estimate of drug-likeness (QED) is 0.815. The van der Waals surface area contributed by atoms with Crippen molar-refractivity contribution in [1.82, 2.24) is 4.98 Å². The molecule has 0 saturated heterocycles. The van der Waals surface area contributed by atoms with Gasteiger partial charge >= 0.3 is 0 Å². The van der Waals surface area contributed by atoms with Crippen molar-refractivity contribution in [2.45, 2.75) is 19.4 Å². The maximum absolute atomic E-state index is 11.6. The molecule has 16 heavy (non-hydrogen) atoms. The van der Waals surface area contributed by atoms with E-state index in [1.807, 2.05) is 25.3 Å². The van der Waals surface area contributed by atoms with E-state index in [-0.39, 0.29) is 5.91 Å². The summed E-state index contributed by atoms with van der Waals surface area (Å²) in [7, 11) is 0. The van der Waals surface area contributed by atoms with Crippen LogP contribution in [0.2, 0.25) is 0 Å². The van der Waals surface area contributed by atoms with E-state index in [1.54, 1.807) is 18.0 Å². The number of nitrogens with one attached hydrogen (secondary N) is 1. The molecule has 0 aliphatic rings. The number of nitrogens with zero attached hydrogens (tertiary/aromatic N) is 1. The normalized spacial score (nSPS) is 12.2. The third kappa shape index (κ3) is 4.20. The van der Waals surface area contributed by atoms with Crippen LogP contribution in [-0.2, 0) is 4.79 Å². The number of carbonyl (C=O) groups excluding carboxylic acids is 1. The minimum Gasteiger partial charge on any atom is -0.323 e. The molecule has 1 aromatic rings. The lowest BCUT2D eigenvalue weighted by molar-refractivity contribution is -0.117. The number of anilines is 1. The summed E-state index contributed by atoms with van der Waals surface area (Å²) >= 11 is 1.68. The Balaban J connectivity index is 2.47. The predicted molar refractivity (Wildman–Crippen MR) is 68.6 cm³/mol. The molecule has 1 heterocycles. The van der Waals surface area contributed by atoms with Gasteiger partial charge in [0, 0.05) is 5.69 Å². The zero-order valence-electron chi connectivity index (χ0n) is 9.56. The number of aryl methyl sites for hydroxylation is 1. The van der Waals surface area contributed by atoms with Crippen molar-refractivity contribution >= 4 is 23.4 Å². The fourth-order valence-corrected chi connectivity index (χ4v) is 1.64. The second kappa shape index (κ2) is 6.50. The fourth-order valence-electron chi connectivity index (χ4n) is 1.15. The zero-order valence-corrected chi connectivity index (χ0v) is 10.4. The molecule has 88 valence electrons. The Morgan fingerprint density at radius 2 is 2.38 bits per heavy atom. The van der Waals surface area contributed by atoms with Crippen LogP contribution in [0, 0.1) is 6.92 Å². The number of hydrogen-bond acceptors (Lipinski definition) is 4. The Morgan fingerprint density at radius 3 is 2.94 bits per heavy atom. The van der Waals surface area contributed by atoms with Gasteiger partial charge in [-0.05, 0) is 37.5 Å². The minimum absolute atomic E-state index is 0.153. The second-order valence-electron chi connectivity index (χ2n) is 3.57. The average molecular weight is 239 g/mol. The Morgan fingerprint density at radius 1 is 1.62 bits per heavy atom. The first-order chi connectivity index (χ1) is 7.63. The first-order valence-corrected chi connectivity index (χ1v) is 6.51. The molecule has 1 aromatic heterocycles. The van der Waals surface area contributed by atoms with Crippen molar-refractivity contribution in [2.24, 2.45) is 5.73 Å². The number of nitrogens with two attached hydrogens (primary N) is 1. The number of amides is 1. The molecule has 0 fully saturated rings. The molecule has 0 unspecified atom stereocenters. The Hall–Kier alpha value is -1.07. The average Bonchev–Trinajstić information content (AvgIpc) is 2.29. The number of rotatable bonds is 5. The zero-order chi connectivity index (χ0) is 12.0. The lowest BCUT2D eigenvalue weighted by atomic mass is 10.2. The third-order valence-corrected chi connectivity index (χ3v) is 2.79. The van der Waals surface area contributed by atoms with Gasteiger partial charge in [-0.3, -0.25) is 9.78 Å². The monoisotopic (exact) mass is 239 g/mol. The molecule has 0 bridgehead atoms. The highest BCUT2D eigenvalue weighted by atomic mass is 32.2. The van der Waals surface area contributed by atoms with E-state index < -0.39 is 6.04 Å². The van der Waals surface area contributed by atoms with Gasteiger partial charge in [-0.15, -0.1) is 0 Å². The third-order valence-electron chi connectivity index (χ3n) is 2.15. The van der Waals surface area contributed by atoms with E-state index in [1.165, 1.54) is 0 Å².